The second-order valence-electron chi connectivity index (χ2n) is 7.87. The first-order valence-electron chi connectivity index (χ1n) is 10.6. The zero-order valence-electron chi connectivity index (χ0n) is 18.5. The van der Waals surface area contributed by atoms with Crippen molar-refractivity contribution in [1.82, 2.24) is 14.6 Å². The summed E-state index contributed by atoms with van der Waals surface area (Å²) in [4.78, 5) is 33.2. The molecule has 0 bridgehead atoms. The van der Waals surface area contributed by atoms with E-state index < -0.39 is 10.8 Å². The van der Waals surface area contributed by atoms with Crippen LogP contribution in [0.2, 0.25) is 0 Å². The molecule has 3 aromatic carbocycles. The van der Waals surface area contributed by atoms with Gasteiger partial charge in [-0.3, -0.25) is 14.9 Å². The number of para-hydroxylation sites is 2. The lowest BCUT2D eigenvalue weighted by molar-refractivity contribution is -0.384. The molecule has 2 heterocycles. The summed E-state index contributed by atoms with van der Waals surface area (Å²) in [6.45, 7) is 1.96. The Labute approximate surface area is 198 Å². The smallest absolute Gasteiger partial charge is 0.270 e. The molecule has 0 fully saturated rings. The number of carbonyl (C=O) groups is 1. The molecule has 172 valence electrons. The van der Waals surface area contributed by atoms with Crippen molar-refractivity contribution in [1.29, 1.82) is 0 Å². The summed E-state index contributed by atoms with van der Waals surface area (Å²) in [7, 11) is 0. The molecule has 0 radical (unpaired) electrons. The third kappa shape index (κ3) is 4.15. The highest BCUT2D eigenvalue weighted by Crippen LogP contribution is 2.29. The van der Waals surface area contributed by atoms with Crippen molar-refractivity contribution in [3.8, 4) is 0 Å². The van der Waals surface area contributed by atoms with Crippen LogP contribution in [0.25, 0.3) is 22.2 Å². The molecule has 1 amide bonds. The van der Waals surface area contributed by atoms with Crippen LogP contribution in [0, 0.1) is 17.0 Å². The summed E-state index contributed by atoms with van der Waals surface area (Å²) in [5.74, 6) is -0.410. The molecule has 0 spiro atoms. The van der Waals surface area contributed by atoms with E-state index in [1.54, 1.807) is 36.4 Å². The molecule has 0 saturated carbocycles. The summed E-state index contributed by atoms with van der Waals surface area (Å²) in [6, 6.07) is 20.6. The number of nitrogens with zero attached hydrogens (tertiary/aromatic N) is 5. The zero-order chi connectivity index (χ0) is 24.5. The first-order chi connectivity index (χ1) is 16.9. The highest BCUT2D eigenvalue weighted by Gasteiger charge is 2.24. The van der Waals surface area contributed by atoms with Crippen LogP contribution in [0.3, 0.4) is 0 Å². The second-order valence-corrected chi connectivity index (χ2v) is 7.87. The van der Waals surface area contributed by atoms with E-state index in [1.165, 1.54) is 23.0 Å². The number of nitrogen functional groups attached to an aromatic ring is 1. The van der Waals surface area contributed by atoms with Crippen molar-refractivity contribution >= 4 is 51.5 Å². The number of anilines is 2. The lowest BCUT2D eigenvalue weighted by Crippen LogP contribution is -2.14. The lowest BCUT2D eigenvalue weighted by atomic mass is 10.2. The van der Waals surface area contributed by atoms with Gasteiger partial charge >= 0.3 is 0 Å². The van der Waals surface area contributed by atoms with E-state index in [2.05, 4.69) is 20.4 Å². The predicted molar refractivity (Wildman–Crippen MR) is 135 cm³/mol. The predicted octanol–water partition coefficient (Wildman–Crippen LogP) is 4.52. The highest BCUT2D eigenvalue weighted by atomic mass is 16.6. The maximum absolute atomic E-state index is 13.3. The summed E-state index contributed by atoms with van der Waals surface area (Å²) in [6.07, 6.45) is 1.42. The number of fused-ring (bicyclic) bond motifs is 2. The van der Waals surface area contributed by atoms with Gasteiger partial charge in [0.25, 0.3) is 11.6 Å². The SMILES string of the molecule is Cc1ccc(NC(=O)c2c(N)n(N=Cc3cccc([N+](=O)[O-])c3)c3nc4ccccc4nc23)cc1. The molecule has 3 N–H and O–H groups in total. The summed E-state index contributed by atoms with van der Waals surface area (Å²) < 4.78 is 1.32. The maximum Gasteiger partial charge on any atom is 0.270 e. The molecule has 10 heteroatoms. The number of nitrogens with two attached hydrogens (primary N) is 1. The largest absolute Gasteiger partial charge is 0.383 e. The number of carbonyl (C=O) groups excluding carboxylic acids is 1. The zero-order valence-corrected chi connectivity index (χ0v) is 18.5. The molecule has 0 aliphatic carbocycles. The van der Waals surface area contributed by atoms with Crippen LogP contribution in [-0.2, 0) is 0 Å². The number of hydrogen-bond acceptors (Lipinski definition) is 7. The van der Waals surface area contributed by atoms with Gasteiger partial charge in [-0.2, -0.15) is 9.78 Å². The third-order valence-electron chi connectivity index (χ3n) is 5.41. The average Bonchev–Trinajstić information content (AvgIpc) is 3.12. The van der Waals surface area contributed by atoms with Gasteiger partial charge in [-0.15, -0.1) is 0 Å². The van der Waals surface area contributed by atoms with Crippen LogP contribution in [-0.4, -0.2) is 31.7 Å². The van der Waals surface area contributed by atoms with Gasteiger partial charge in [-0.05, 0) is 31.2 Å². The third-order valence-corrected chi connectivity index (χ3v) is 5.41. The number of non-ortho nitro benzene ring substituents is 1. The van der Waals surface area contributed by atoms with E-state index >= 15 is 0 Å². The quantitative estimate of drug-likeness (QED) is 0.222. The van der Waals surface area contributed by atoms with Gasteiger partial charge in [0, 0.05) is 23.4 Å². The fraction of sp³-hybridized carbons (Fsp3) is 0.0400. The highest BCUT2D eigenvalue weighted by molar-refractivity contribution is 6.16. The molecule has 0 saturated heterocycles. The van der Waals surface area contributed by atoms with Crippen LogP contribution in [0.5, 0.6) is 0 Å². The topological polar surface area (TPSA) is 141 Å². The van der Waals surface area contributed by atoms with Crippen molar-refractivity contribution in [3.05, 3.63) is 99.6 Å². The number of aryl methyl sites for hydroxylation is 1. The average molecular weight is 465 g/mol. The Bertz CT molecular complexity index is 1640. The minimum Gasteiger partial charge on any atom is -0.383 e. The van der Waals surface area contributed by atoms with E-state index in [0.29, 0.717) is 27.8 Å². The van der Waals surface area contributed by atoms with Gasteiger partial charge in [0.05, 0.1) is 22.2 Å². The van der Waals surface area contributed by atoms with Crippen molar-refractivity contribution in [2.75, 3.05) is 11.1 Å². The number of amides is 1. The number of rotatable bonds is 5. The minimum atomic E-state index is -0.484. The standard InChI is InChI=1S/C25H19N7O3/c1-15-9-11-17(12-10-15)28-25(33)21-22-24(30-20-8-3-2-7-19(20)29-22)31(23(21)26)27-14-16-5-4-6-18(13-16)32(34)35/h2-14H,26H2,1H3,(H,28,33). The van der Waals surface area contributed by atoms with Gasteiger partial charge < -0.3 is 11.1 Å². The summed E-state index contributed by atoms with van der Waals surface area (Å²) in [5.41, 5.74) is 10.4. The van der Waals surface area contributed by atoms with E-state index in [9.17, 15) is 14.9 Å². The van der Waals surface area contributed by atoms with E-state index in [1.807, 2.05) is 31.2 Å². The number of nitro groups is 1. The molecular formula is C25H19N7O3. The second kappa shape index (κ2) is 8.67. The Morgan fingerprint density at radius 3 is 2.49 bits per heavy atom. The van der Waals surface area contributed by atoms with Gasteiger partial charge in [0.2, 0.25) is 0 Å². The monoisotopic (exact) mass is 465 g/mol. The Morgan fingerprint density at radius 1 is 1.06 bits per heavy atom. The fourth-order valence-electron chi connectivity index (χ4n) is 3.66. The molecule has 35 heavy (non-hydrogen) atoms. The molecule has 5 aromatic rings. The number of benzene rings is 3. The van der Waals surface area contributed by atoms with Crippen molar-refractivity contribution < 1.29 is 9.72 Å². The lowest BCUT2D eigenvalue weighted by Gasteiger charge is -2.06. The van der Waals surface area contributed by atoms with Gasteiger partial charge in [-0.1, -0.05) is 42.0 Å². The van der Waals surface area contributed by atoms with Crippen LogP contribution in [0.4, 0.5) is 17.2 Å². The Morgan fingerprint density at radius 2 is 1.77 bits per heavy atom. The number of nitro benzene ring substituents is 1. The number of nitrogens with one attached hydrogen (secondary N) is 1. The van der Waals surface area contributed by atoms with Crippen molar-refractivity contribution in [3.63, 3.8) is 0 Å². The summed E-state index contributed by atoms with van der Waals surface area (Å²) in [5, 5.41) is 18.3. The normalized spacial score (nSPS) is 11.3. The molecule has 10 nitrogen and oxygen atoms in total. The van der Waals surface area contributed by atoms with E-state index in [0.717, 1.165) is 5.56 Å². The van der Waals surface area contributed by atoms with Gasteiger partial charge in [-0.25, -0.2) is 9.97 Å². The van der Waals surface area contributed by atoms with Crippen LogP contribution in [0.1, 0.15) is 21.5 Å². The summed E-state index contributed by atoms with van der Waals surface area (Å²) >= 11 is 0. The Kier molecular flexibility index (Phi) is 5.38. The molecule has 0 aliphatic rings. The van der Waals surface area contributed by atoms with Crippen LogP contribution in [0.15, 0.2) is 77.9 Å². The van der Waals surface area contributed by atoms with Gasteiger partial charge in [0.1, 0.15) is 16.9 Å². The number of hydrogen-bond donors (Lipinski definition) is 2. The van der Waals surface area contributed by atoms with Gasteiger partial charge in [0.15, 0.2) is 5.65 Å². The van der Waals surface area contributed by atoms with Crippen LogP contribution >= 0.6 is 0 Å². The molecule has 0 aliphatic heterocycles. The first-order valence-corrected chi connectivity index (χ1v) is 10.6. The Hall–Kier alpha value is -5.12. The number of aromatic nitrogens is 3. The van der Waals surface area contributed by atoms with E-state index in [-0.39, 0.29) is 22.7 Å². The molecule has 2 aromatic heterocycles. The molecular weight excluding hydrogens is 446 g/mol. The Balaban J connectivity index is 1.64. The van der Waals surface area contributed by atoms with Crippen molar-refractivity contribution in [2.24, 2.45) is 5.10 Å². The maximum atomic E-state index is 13.3. The molecule has 5 rings (SSSR count). The molecule has 0 unspecified atom stereocenters. The molecule has 0 atom stereocenters. The fourth-order valence-corrected chi connectivity index (χ4v) is 3.66. The van der Waals surface area contributed by atoms with E-state index in [4.69, 9.17) is 5.73 Å². The first kappa shape index (κ1) is 21.7. The minimum absolute atomic E-state index is 0.0431. The van der Waals surface area contributed by atoms with Crippen LogP contribution < -0.4 is 11.1 Å². The van der Waals surface area contributed by atoms with Crippen molar-refractivity contribution in [2.45, 2.75) is 6.92 Å².